The van der Waals surface area contributed by atoms with Crippen molar-refractivity contribution >= 4 is 39.7 Å². The van der Waals surface area contributed by atoms with Gasteiger partial charge >= 0.3 is 6.18 Å². The zero-order valence-corrected chi connectivity index (χ0v) is 25.7. The summed E-state index contributed by atoms with van der Waals surface area (Å²) in [5.41, 5.74) is 2.09. The van der Waals surface area contributed by atoms with Gasteiger partial charge in [0.25, 0.3) is 0 Å². The Morgan fingerprint density at radius 2 is 1.79 bits per heavy atom. The molecule has 3 heterocycles. The fraction of sp³-hybridized carbons (Fsp3) is 0.324. The van der Waals surface area contributed by atoms with Crippen LogP contribution in [0.4, 0.5) is 40.4 Å². The predicted octanol–water partition coefficient (Wildman–Crippen LogP) is 7.29. The lowest BCUT2D eigenvalue weighted by molar-refractivity contribution is -0.168. The van der Waals surface area contributed by atoms with Gasteiger partial charge in [0.1, 0.15) is 35.2 Å². The molecule has 0 aliphatic carbocycles. The van der Waals surface area contributed by atoms with Crippen molar-refractivity contribution in [1.29, 1.82) is 0 Å². The Kier molecular flexibility index (Phi) is 9.06. The van der Waals surface area contributed by atoms with Crippen molar-refractivity contribution < 1.29 is 31.8 Å². The zero-order valence-electron chi connectivity index (χ0n) is 25.7. The van der Waals surface area contributed by atoms with Crippen molar-refractivity contribution in [3.63, 3.8) is 0 Å². The molecule has 9 nitrogen and oxygen atoms in total. The predicted molar refractivity (Wildman–Crippen MR) is 172 cm³/mol. The number of benzene rings is 3. The maximum absolute atomic E-state index is 15.4. The number of hydrogen-bond donors (Lipinski definition) is 2. The Morgan fingerprint density at radius 3 is 2.49 bits per heavy atom. The Bertz CT molecular complexity index is 1780. The molecule has 2 aliphatic rings. The molecule has 0 bridgehead atoms. The molecule has 0 unspecified atom stereocenters. The molecule has 47 heavy (non-hydrogen) atoms. The summed E-state index contributed by atoms with van der Waals surface area (Å²) >= 11 is 0. The van der Waals surface area contributed by atoms with Crippen LogP contribution in [0.3, 0.4) is 0 Å². The fourth-order valence-electron chi connectivity index (χ4n) is 5.99. The molecule has 2 aliphatic heterocycles. The number of likely N-dealkylation sites (tertiary alicyclic amines) is 1. The van der Waals surface area contributed by atoms with Gasteiger partial charge in [-0.1, -0.05) is 12.6 Å². The van der Waals surface area contributed by atoms with Crippen LogP contribution in [0, 0.1) is 11.7 Å². The molecule has 2 saturated heterocycles. The molecule has 13 heteroatoms. The Balaban J connectivity index is 1.16. The lowest BCUT2D eigenvalue weighted by Crippen LogP contribution is -2.41. The van der Waals surface area contributed by atoms with Gasteiger partial charge in [0.15, 0.2) is 0 Å². The summed E-state index contributed by atoms with van der Waals surface area (Å²) in [7, 11) is 1.57. The molecular formula is C34H34F4N6O3. The first-order chi connectivity index (χ1) is 22.6. The molecule has 246 valence electrons. The molecule has 2 fully saturated rings. The fourth-order valence-corrected chi connectivity index (χ4v) is 5.99. The number of ether oxygens (including phenoxy) is 2. The number of piperidine rings is 1. The van der Waals surface area contributed by atoms with Gasteiger partial charge in [0.2, 0.25) is 5.91 Å². The number of fused-ring (bicyclic) bond motifs is 1. The number of anilines is 4. The maximum atomic E-state index is 15.4. The van der Waals surface area contributed by atoms with Gasteiger partial charge in [0.05, 0.1) is 29.9 Å². The molecule has 0 saturated carbocycles. The summed E-state index contributed by atoms with van der Waals surface area (Å²) < 4.78 is 66.3. The highest BCUT2D eigenvalue weighted by atomic mass is 19.4. The molecule has 1 aromatic heterocycles. The summed E-state index contributed by atoms with van der Waals surface area (Å²) in [5.74, 6) is -0.453. The number of nitrogens with zero attached hydrogens (tertiary/aromatic N) is 4. The second-order valence-corrected chi connectivity index (χ2v) is 11.6. The van der Waals surface area contributed by atoms with Crippen molar-refractivity contribution in [3.05, 3.63) is 79.4 Å². The van der Waals surface area contributed by atoms with E-state index in [4.69, 9.17) is 9.47 Å². The molecule has 2 N–H and O–H groups in total. The third kappa shape index (κ3) is 7.18. The van der Waals surface area contributed by atoms with Crippen molar-refractivity contribution in [1.82, 2.24) is 14.9 Å². The number of aromatic nitrogens is 2. The van der Waals surface area contributed by atoms with Crippen LogP contribution in [0.2, 0.25) is 0 Å². The van der Waals surface area contributed by atoms with E-state index in [1.807, 2.05) is 6.07 Å². The average molecular weight is 651 g/mol. The van der Waals surface area contributed by atoms with Crippen LogP contribution in [-0.4, -0.2) is 66.3 Å². The standard InChI is InChI=1S/C34H34F4N6O3/c1-3-32(45)43-13-10-22(11-14-43)41-30-17-26-29(18-31(30)46-2)39-20-40-33(26)42-28-8-7-25(16-27(28)35)47-24-6-4-5-23(15-24)44-12-9-21(19-44)34(36,37)38/h3-8,15-18,20-22,41H,1,9-14,19H2,2H3,(H,39,40,42)/t21-/m1/s1. The minimum Gasteiger partial charge on any atom is -0.495 e. The smallest absolute Gasteiger partial charge is 0.393 e. The third-order valence-electron chi connectivity index (χ3n) is 8.56. The normalized spacial score (nSPS) is 17.1. The van der Waals surface area contributed by atoms with Crippen LogP contribution in [0.1, 0.15) is 19.3 Å². The number of rotatable bonds is 9. The summed E-state index contributed by atoms with van der Waals surface area (Å²) in [5, 5.41) is 7.22. The van der Waals surface area contributed by atoms with Gasteiger partial charge in [0, 0.05) is 61.5 Å². The largest absolute Gasteiger partial charge is 0.495 e. The van der Waals surface area contributed by atoms with E-state index < -0.39 is 17.9 Å². The molecule has 4 aromatic rings. The summed E-state index contributed by atoms with van der Waals surface area (Å²) in [6.45, 7) is 4.97. The van der Waals surface area contributed by atoms with E-state index in [2.05, 4.69) is 27.2 Å². The molecule has 0 radical (unpaired) electrons. The molecule has 1 amide bonds. The van der Waals surface area contributed by atoms with Crippen LogP contribution in [0.15, 0.2) is 73.6 Å². The molecular weight excluding hydrogens is 616 g/mol. The quantitative estimate of drug-likeness (QED) is 0.144. The lowest BCUT2D eigenvalue weighted by atomic mass is 10.0. The first-order valence-corrected chi connectivity index (χ1v) is 15.3. The number of nitrogens with one attached hydrogen (secondary N) is 2. The number of carbonyl (C=O) groups is 1. The summed E-state index contributed by atoms with van der Waals surface area (Å²) in [6, 6.07) is 14.9. The van der Waals surface area contributed by atoms with E-state index in [0.29, 0.717) is 53.5 Å². The van der Waals surface area contributed by atoms with Gasteiger partial charge in [-0.25, -0.2) is 14.4 Å². The monoisotopic (exact) mass is 650 g/mol. The molecule has 6 rings (SSSR count). The Labute approximate surface area is 269 Å². The van der Waals surface area contributed by atoms with Gasteiger partial charge in [-0.05, 0) is 55.7 Å². The molecule has 3 aromatic carbocycles. The second kappa shape index (κ2) is 13.3. The first kappa shape index (κ1) is 31.9. The highest BCUT2D eigenvalue weighted by molar-refractivity contribution is 5.95. The number of carbonyl (C=O) groups excluding carboxylic acids is 1. The van der Waals surface area contributed by atoms with Gasteiger partial charge in [-0.2, -0.15) is 13.2 Å². The van der Waals surface area contributed by atoms with Gasteiger partial charge in [-0.3, -0.25) is 4.79 Å². The van der Waals surface area contributed by atoms with Crippen molar-refractivity contribution in [2.75, 3.05) is 48.8 Å². The summed E-state index contributed by atoms with van der Waals surface area (Å²) in [4.78, 5) is 24.1. The van der Waals surface area contributed by atoms with E-state index in [9.17, 15) is 18.0 Å². The van der Waals surface area contributed by atoms with Crippen LogP contribution >= 0.6 is 0 Å². The topological polar surface area (TPSA) is 91.9 Å². The minimum atomic E-state index is -4.23. The number of alkyl halides is 3. The van der Waals surface area contributed by atoms with Crippen molar-refractivity contribution in [3.8, 4) is 17.2 Å². The van der Waals surface area contributed by atoms with Crippen molar-refractivity contribution in [2.45, 2.75) is 31.5 Å². The van der Waals surface area contributed by atoms with Crippen LogP contribution < -0.4 is 25.0 Å². The third-order valence-corrected chi connectivity index (χ3v) is 8.56. The number of methoxy groups -OCH3 is 1. The van der Waals surface area contributed by atoms with E-state index in [1.165, 1.54) is 24.5 Å². The number of hydrogen-bond acceptors (Lipinski definition) is 8. The molecule has 0 spiro atoms. The average Bonchev–Trinajstić information content (AvgIpc) is 3.58. The van der Waals surface area contributed by atoms with Gasteiger partial charge in [-0.15, -0.1) is 0 Å². The summed E-state index contributed by atoms with van der Waals surface area (Å²) in [6.07, 6.45) is 0.0130. The maximum Gasteiger partial charge on any atom is 0.393 e. The van der Waals surface area contributed by atoms with Gasteiger partial charge < -0.3 is 29.9 Å². The van der Waals surface area contributed by atoms with E-state index >= 15 is 4.39 Å². The highest BCUT2D eigenvalue weighted by Gasteiger charge is 2.43. The van der Waals surface area contributed by atoms with Crippen LogP contribution in [0.25, 0.3) is 10.9 Å². The minimum absolute atomic E-state index is 0.0419. The lowest BCUT2D eigenvalue weighted by Gasteiger charge is -2.32. The van der Waals surface area contributed by atoms with E-state index in [0.717, 1.165) is 18.5 Å². The van der Waals surface area contributed by atoms with Crippen molar-refractivity contribution in [2.24, 2.45) is 5.92 Å². The zero-order chi connectivity index (χ0) is 33.1. The first-order valence-electron chi connectivity index (χ1n) is 15.3. The highest BCUT2D eigenvalue weighted by Crippen LogP contribution is 2.38. The number of halogens is 4. The SMILES string of the molecule is C=CC(=O)N1CCC(Nc2cc3c(Nc4ccc(Oc5cccc(N6CC[C@@H](C(F)(F)F)C6)c5)cc4F)ncnc3cc2OC)CC1. The number of amides is 1. The Morgan fingerprint density at radius 1 is 1.00 bits per heavy atom. The second-order valence-electron chi connectivity index (χ2n) is 11.6. The van der Waals surface area contributed by atoms with Crippen LogP contribution in [0.5, 0.6) is 17.2 Å². The Hall–Kier alpha value is -5.07. The van der Waals surface area contributed by atoms with E-state index in [-0.39, 0.29) is 36.4 Å². The van der Waals surface area contributed by atoms with Crippen LogP contribution in [-0.2, 0) is 4.79 Å². The van der Waals surface area contributed by atoms with E-state index in [1.54, 1.807) is 53.3 Å². The molecule has 1 atom stereocenters.